The van der Waals surface area contributed by atoms with Crippen LogP contribution in [0.2, 0.25) is 0 Å². The Labute approximate surface area is 293 Å². The van der Waals surface area contributed by atoms with Crippen molar-refractivity contribution in [2.45, 2.75) is 116 Å². The molecule has 0 aliphatic heterocycles. The van der Waals surface area contributed by atoms with Gasteiger partial charge in [0, 0.05) is 43.2 Å². The van der Waals surface area contributed by atoms with Crippen LogP contribution in [0.1, 0.15) is 113 Å². The number of aliphatic hydroxyl groups is 2. The van der Waals surface area contributed by atoms with Gasteiger partial charge < -0.3 is 25.3 Å². The minimum absolute atomic E-state index is 0.0263. The first kappa shape index (κ1) is 38.1. The maximum absolute atomic E-state index is 14.5. The molecule has 8 nitrogen and oxygen atoms in total. The van der Waals surface area contributed by atoms with Crippen molar-refractivity contribution in [2.24, 2.45) is 0 Å². The molecule has 0 bridgehead atoms. The molecule has 2 aromatic carbocycles. The Balaban J connectivity index is 1.55. The molecule has 8 heteroatoms. The number of aryl methyl sites for hydroxylation is 1. The lowest BCUT2D eigenvalue weighted by Gasteiger charge is -2.42. The third-order valence-corrected chi connectivity index (χ3v) is 10.7. The average Bonchev–Trinajstić information content (AvgIpc) is 3.59. The molecule has 1 fully saturated rings. The second-order valence-corrected chi connectivity index (χ2v) is 14.3. The van der Waals surface area contributed by atoms with Gasteiger partial charge in [-0.15, -0.1) is 0 Å². The number of hydrogen-bond acceptors (Lipinski definition) is 5. The molecule has 0 radical (unpaired) electrons. The van der Waals surface area contributed by atoms with Gasteiger partial charge in [0.25, 0.3) is 11.8 Å². The van der Waals surface area contributed by atoms with E-state index < -0.39 is 11.6 Å². The summed E-state index contributed by atoms with van der Waals surface area (Å²) < 4.78 is 0. The Bertz CT molecular complexity index is 1510. The highest BCUT2D eigenvalue weighted by atomic mass is 16.3. The number of β-amino-alcohol motifs (C(OH)–C–C–N with tert-alkyl or cyclic N) is 1. The van der Waals surface area contributed by atoms with Gasteiger partial charge in [-0.3, -0.25) is 14.4 Å². The number of hydrogen-bond donors (Lipinski definition) is 3. The second kappa shape index (κ2) is 17.3. The summed E-state index contributed by atoms with van der Waals surface area (Å²) in [5.74, 6) is -0.281. The average molecular weight is 672 g/mol. The number of aliphatic hydroxyl groups excluding tert-OH is 2. The van der Waals surface area contributed by atoms with Crippen LogP contribution in [-0.2, 0) is 21.5 Å². The molecule has 0 saturated heterocycles. The molecule has 266 valence electrons. The van der Waals surface area contributed by atoms with E-state index >= 15 is 0 Å². The number of rotatable bonds is 16. The molecule has 0 heterocycles. The van der Waals surface area contributed by atoms with Gasteiger partial charge in [0.1, 0.15) is 0 Å². The number of nitrogens with zero attached hydrogens (tertiary/aromatic N) is 2. The van der Waals surface area contributed by atoms with Crippen LogP contribution in [0.5, 0.6) is 0 Å². The summed E-state index contributed by atoms with van der Waals surface area (Å²) >= 11 is 0. The fraction of sp³-hybridized carbons (Fsp3) is 0.537. The quantitative estimate of drug-likeness (QED) is 0.192. The normalized spacial score (nSPS) is 16.4. The van der Waals surface area contributed by atoms with E-state index in [9.17, 15) is 24.6 Å². The molecule has 2 aromatic rings. The summed E-state index contributed by atoms with van der Waals surface area (Å²) in [6.07, 6.45) is 11.2. The van der Waals surface area contributed by atoms with Crippen molar-refractivity contribution < 1.29 is 24.6 Å². The number of benzene rings is 2. The molecule has 0 spiro atoms. The van der Waals surface area contributed by atoms with Crippen molar-refractivity contribution in [3.8, 4) is 0 Å². The third kappa shape index (κ3) is 9.28. The Kier molecular flexibility index (Phi) is 13.4. The van der Waals surface area contributed by atoms with Crippen molar-refractivity contribution in [3.05, 3.63) is 94.1 Å². The number of allylic oxidation sites excluding steroid dienone is 3. The van der Waals surface area contributed by atoms with E-state index in [-0.39, 0.29) is 29.9 Å². The van der Waals surface area contributed by atoms with E-state index in [1.54, 1.807) is 0 Å². The molecule has 2 aliphatic carbocycles. The smallest absolute Gasteiger partial charge is 0.254 e. The summed E-state index contributed by atoms with van der Waals surface area (Å²) in [6, 6.07) is 15.7. The fourth-order valence-electron chi connectivity index (χ4n) is 7.73. The van der Waals surface area contributed by atoms with Crippen LogP contribution in [0.3, 0.4) is 0 Å². The van der Waals surface area contributed by atoms with Crippen LogP contribution in [0.4, 0.5) is 0 Å². The van der Waals surface area contributed by atoms with Crippen molar-refractivity contribution in [2.75, 3.05) is 26.2 Å². The number of carbonyl (C=O) groups is 3. The summed E-state index contributed by atoms with van der Waals surface area (Å²) in [7, 11) is 0. The first-order valence-electron chi connectivity index (χ1n) is 18.1. The zero-order valence-corrected chi connectivity index (χ0v) is 30.3. The molecule has 49 heavy (non-hydrogen) atoms. The van der Waals surface area contributed by atoms with Gasteiger partial charge in [0.2, 0.25) is 5.91 Å². The minimum atomic E-state index is -0.728. The Hall–Kier alpha value is -3.75. The van der Waals surface area contributed by atoms with E-state index in [0.29, 0.717) is 50.9 Å². The molecular weight excluding hydrogens is 614 g/mol. The molecule has 4 rings (SSSR count). The van der Waals surface area contributed by atoms with Crippen molar-refractivity contribution in [3.63, 3.8) is 0 Å². The van der Waals surface area contributed by atoms with Crippen molar-refractivity contribution in [1.82, 2.24) is 15.1 Å². The summed E-state index contributed by atoms with van der Waals surface area (Å²) in [6.45, 7) is 10.5. The molecule has 3 N–H and O–H groups in total. The maximum atomic E-state index is 14.5. The number of nitrogens with one attached hydrogen (secondary N) is 1. The predicted octanol–water partition coefficient (Wildman–Crippen LogP) is 6.38. The fourth-order valence-corrected chi connectivity index (χ4v) is 7.73. The first-order valence-corrected chi connectivity index (χ1v) is 18.1. The lowest BCUT2D eigenvalue weighted by Crippen LogP contribution is -2.51. The van der Waals surface area contributed by atoms with E-state index in [0.717, 1.165) is 66.4 Å². The van der Waals surface area contributed by atoms with Gasteiger partial charge in [-0.1, -0.05) is 79.9 Å². The standard InChI is InChI=1S/C41H57N3O5/c1-6-41(22-12-13-23-41)44(26-27-45)38(48)36-17-11-10-14-32(36)20-21-35(47)29-33-19-18-30(2)28-37(33)39(49)43(25-24-42-31(3)46)40(4,5)34-15-8-7-9-16-34/h7-10,14-16,18-19,28,35,45,47H,6,11-13,17,20-27,29H2,1-5H3,(H,42,46). The van der Waals surface area contributed by atoms with Gasteiger partial charge in [0.05, 0.1) is 18.2 Å². The van der Waals surface area contributed by atoms with Crippen molar-refractivity contribution >= 4 is 17.7 Å². The maximum Gasteiger partial charge on any atom is 0.254 e. The van der Waals surface area contributed by atoms with E-state index in [1.807, 2.05) is 85.2 Å². The molecule has 1 unspecified atom stereocenters. The Morgan fingerprint density at radius 1 is 1.02 bits per heavy atom. The summed E-state index contributed by atoms with van der Waals surface area (Å²) in [4.78, 5) is 44.0. The molecule has 1 atom stereocenters. The Morgan fingerprint density at radius 2 is 1.73 bits per heavy atom. The Morgan fingerprint density at radius 3 is 2.39 bits per heavy atom. The lowest BCUT2D eigenvalue weighted by molar-refractivity contribution is -0.134. The lowest BCUT2D eigenvalue weighted by atomic mass is 9.87. The molecule has 3 amide bonds. The minimum Gasteiger partial charge on any atom is -0.395 e. The van der Waals surface area contributed by atoms with Crippen LogP contribution in [0.15, 0.2) is 71.8 Å². The predicted molar refractivity (Wildman–Crippen MR) is 195 cm³/mol. The highest BCUT2D eigenvalue weighted by Crippen LogP contribution is 2.40. The molecular formula is C41H57N3O5. The number of carbonyl (C=O) groups excluding carboxylic acids is 3. The van der Waals surface area contributed by atoms with Gasteiger partial charge >= 0.3 is 0 Å². The van der Waals surface area contributed by atoms with Crippen LogP contribution in [-0.4, -0.2) is 75.6 Å². The topological polar surface area (TPSA) is 110 Å². The molecule has 2 aliphatic rings. The highest BCUT2D eigenvalue weighted by molar-refractivity contribution is 5.97. The zero-order valence-electron chi connectivity index (χ0n) is 30.3. The number of amides is 3. The van der Waals surface area contributed by atoms with E-state index in [2.05, 4.69) is 18.3 Å². The van der Waals surface area contributed by atoms with Gasteiger partial charge in [-0.25, -0.2) is 0 Å². The van der Waals surface area contributed by atoms with Gasteiger partial charge in [-0.2, -0.15) is 0 Å². The molecule has 1 saturated carbocycles. The summed E-state index contributed by atoms with van der Waals surface area (Å²) in [5, 5.41) is 24.2. The third-order valence-electron chi connectivity index (χ3n) is 10.7. The van der Waals surface area contributed by atoms with E-state index in [1.165, 1.54) is 6.92 Å². The van der Waals surface area contributed by atoms with E-state index in [4.69, 9.17) is 0 Å². The van der Waals surface area contributed by atoms with Crippen LogP contribution in [0.25, 0.3) is 0 Å². The first-order chi connectivity index (χ1) is 23.4. The highest BCUT2D eigenvalue weighted by Gasteiger charge is 2.41. The van der Waals surface area contributed by atoms with Crippen LogP contribution >= 0.6 is 0 Å². The zero-order chi connectivity index (χ0) is 35.6. The molecule has 0 aromatic heterocycles. The van der Waals surface area contributed by atoms with Gasteiger partial charge in [-0.05, 0) is 94.9 Å². The van der Waals surface area contributed by atoms with Gasteiger partial charge in [0.15, 0.2) is 0 Å². The SMILES string of the molecule is CCC1(N(CCO)C(=O)C2=C(CCC(O)Cc3ccc(C)cc3C(=O)N(CCNC(C)=O)C(C)(C)c3ccccc3)C=CCC2)CCCC1. The van der Waals surface area contributed by atoms with Crippen molar-refractivity contribution in [1.29, 1.82) is 0 Å². The largest absolute Gasteiger partial charge is 0.395 e. The summed E-state index contributed by atoms with van der Waals surface area (Å²) in [5.41, 5.74) is 4.12. The second-order valence-electron chi connectivity index (χ2n) is 14.3. The van der Waals surface area contributed by atoms with Crippen LogP contribution in [0, 0.1) is 6.92 Å². The monoisotopic (exact) mass is 671 g/mol. The van der Waals surface area contributed by atoms with Crippen LogP contribution < -0.4 is 5.32 Å².